The van der Waals surface area contributed by atoms with E-state index in [0.717, 1.165) is 13.3 Å². The van der Waals surface area contributed by atoms with E-state index >= 15 is 0 Å². The van der Waals surface area contributed by atoms with Gasteiger partial charge in [0.05, 0.1) is 0 Å². The van der Waals surface area contributed by atoms with E-state index in [-0.39, 0.29) is 0 Å². The average molecular weight is 89.9 g/mol. The van der Waals surface area contributed by atoms with Crippen molar-refractivity contribution in [3.63, 3.8) is 0 Å². The maximum Gasteiger partial charge on any atom is 0.147 e. The van der Waals surface area contributed by atoms with Crippen molar-refractivity contribution in [1.29, 1.82) is 0 Å². The van der Waals surface area contributed by atoms with Crippen molar-refractivity contribution < 1.29 is 5.11 Å². The molecule has 3 heteroatoms. The largest absolute Gasteiger partial charge is 0.397 e. The molecule has 1 unspecified atom stereocenters. The monoisotopic (exact) mass is 90.0 g/mol. The second-order valence-corrected chi connectivity index (χ2v) is 1.44. The van der Waals surface area contributed by atoms with Gasteiger partial charge in [-0.3, -0.25) is 0 Å². The summed E-state index contributed by atoms with van der Waals surface area (Å²) in [6, 6.07) is 0. The van der Waals surface area contributed by atoms with Gasteiger partial charge in [-0.05, 0) is 0 Å². The molecule has 0 rings (SSSR count). The van der Waals surface area contributed by atoms with Crippen LogP contribution >= 0.6 is 9.12 Å². The fourth-order valence-corrected chi connectivity index (χ4v) is 0.274. The van der Waals surface area contributed by atoms with Crippen LogP contribution < -0.4 is 0 Å². The lowest BCUT2D eigenvalue weighted by Gasteiger charge is -1.76. The molecule has 1 atom stereocenters. The minimum atomic E-state index is 0.323. The minimum Gasteiger partial charge on any atom is -0.397 e. The molecule has 0 aromatic carbocycles. The third-order valence-electron chi connectivity index (χ3n) is 0.362. The van der Waals surface area contributed by atoms with Crippen LogP contribution in [0.5, 0.6) is 0 Å². The molecule has 0 aliphatic heterocycles. The Bertz CT molecular complexity index is 17.1. The molecule has 0 saturated heterocycles. The predicted octanol–water partition coefficient (Wildman–Crippen LogP) is -0.376. The lowest BCUT2D eigenvalue weighted by molar-refractivity contribution is 0.318. The lowest BCUT2D eigenvalue weighted by atomic mass is 10.1. The van der Waals surface area contributed by atoms with Gasteiger partial charge in [0.15, 0.2) is 0 Å². The van der Waals surface area contributed by atoms with E-state index in [1.807, 2.05) is 0 Å². The van der Waals surface area contributed by atoms with Crippen LogP contribution in [0.4, 0.5) is 0 Å². The zero-order valence-corrected chi connectivity index (χ0v) is 4.30. The van der Waals surface area contributed by atoms with Crippen molar-refractivity contribution >= 4 is 16.1 Å². The van der Waals surface area contributed by atoms with Crippen molar-refractivity contribution in [2.45, 2.75) is 6.32 Å². The zero-order valence-electron chi connectivity index (χ0n) is 3.15. The Morgan fingerprint density at radius 3 is 2.40 bits per heavy atom. The molecule has 1 nitrogen and oxygen atoms in total. The number of rotatable bonds is 2. The van der Waals surface area contributed by atoms with Gasteiger partial charge in [0.25, 0.3) is 0 Å². The van der Waals surface area contributed by atoms with Crippen molar-refractivity contribution in [3.8, 4) is 0 Å². The first-order valence-corrected chi connectivity index (χ1v) is 2.54. The average Bonchev–Trinajstić information content (AvgIpc) is 1.41. The highest BCUT2D eigenvalue weighted by molar-refractivity contribution is 7.55. The predicted molar refractivity (Wildman–Crippen MR) is 28.8 cm³/mol. The number of aliphatic hydroxyl groups is 1. The summed E-state index contributed by atoms with van der Waals surface area (Å²) < 4.78 is 0. The molecule has 1 N–H and O–H groups in total. The molecule has 5 heavy (non-hydrogen) atoms. The fraction of sp³-hybridized carbons (Fsp3) is 1.00. The van der Waals surface area contributed by atoms with Crippen LogP contribution in [0.25, 0.3) is 0 Å². The second-order valence-electron chi connectivity index (χ2n) is 0.866. The molecular weight excluding hydrogens is 81.8 g/mol. The molecule has 0 heterocycles. The summed E-state index contributed by atoms with van der Waals surface area (Å²) in [6.07, 6.45) is 0.907. The smallest absolute Gasteiger partial charge is 0.147 e. The van der Waals surface area contributed by atoms with Gasteiger partial charge in [0, 0.05) is 6.61 Å². The summed E-state index contributed by atoms with van der Waals surface area (Å²) in [5, 5.41) is 8.05. The van der Waals surface area contributed by atoms with Gasteiger partial charge in [-0.2, -0.15) is 9.12 Å². The van der Waals surface area contributed by atoms with E-state index < -0.39 is 0 Å². The maximum atomic E-state index is 8.05. The van der Waals surface area contributed by atoms with Crippen molar-refractivity contribution in [3.05, 3.63) is 0 Å². The number of aliphatic hydroxyl groups excluding tert-OH is 1. The highest BCUT2D eigenvalue weighted by Gasteiger charge is 1.73. The zero-order chi connectivity index (χ0) is 4.12. The molecular formula is C2H8BOP. The molecule has 0 aliphatic rings. The summed E-state index contributed by atoms with van der Waals surface area (Å²) in [6.45, 7) is 1.33. The Kier molecular flexibility index (Phi) is 4.86. The van der Waals surface area contributed by atoms with E-state index in [0.29, 0.717) is 6.61 Å². The first-order valence-electron chi connectivity index (χ1n) is 1.72. The van der Waals surface area contributed by atoms with Gasteiger partial charge in [0.2, 0.25) is 0 Å². The van der Waals surface area contributed by atoms with Crippen LogP contribution in [0.2, 0.25) is 6.32 Å². The van der Waals surface area contributed by atoms with Crippen LogP contribution in [0.3, 0.4) is 0 Å². The molecule has 0 amide bonds. The van der Waals surface area contributed by atoms with Gasteiger partial charge >= 0.3 is 0 Å². The van der Waals surface area contributed by atoms with Crippen molar-refractivity contribution in [1.82, 2.24) is 0 Å². The Morgan fingerprint density at radius 1 is 1.80 bits per heavy atom. The lowest BCUT2D eigenvalue weighted by Crippen LogP contribution is -1.80. The maximum absolute atomic E-state index is 8.05. The molecule has 30 valence electrons. The van der Waals surface area contributed by atoms with E-state index in [2.05, 4.69) is 9.12 Å². The topological polar surface area (TPSA) is 20.2 Å². The van der Waals surface area contributed by atoms with Crippen LogP contribution in [-0.4, -0.2) is 18.7 Å². The normalized spacial score (nSPS) is 7.60. The SMILES string of the molecule is OCCBP. The summed E-state index contributed by atoms with van der Waals surface area (Å²) >= 11 is 0. The summed E-state index contributed by atoms with van der Waals surface area (Å²) in [7, 11) is 2.54. The fourth-order valence-electron chi connectivity index (χ4n) is 0.0913. The van der Waals surface area contributed by atoms with Gasteiger partial charge in [0.1, 0.15) is 7.00 Å². The Labute approximate surface area is 35.2 Å². The Balaban J connectivity index is 2.19. The molecule has 0 aromatic rings. The quantitative estimate of drug-likeness (QED) is 0.362. The first kappa shape index (κ1) is 5.45. The van der Waals surface area contributed by atoms with Gasteiger partial charge in [-0.15, -0.1) is 0 Å². The van der Waals surface area contributed by atoms with Gasteiger partial charge in [-0.1, -0.05) is 6.32 Å². The van der Waals surface area contributed by atoms with Crippen LogP contribution in [-0.2, 0) is 0 Å². The highest BCUT2D eigenvalue weighted by atomic mass is 31.0. The van der Waals surface area contributed by atoms with E-state index in [1.54, 1.807) is 0 Å². The summed E-state index contributed by atoms with van der Waals surface area (Å²) in [4.78, 5) is 0. The number of hydrogen-bond donors (Lipinski definition) is 1. The minimum absolute atomic E-state index is 0.323. The van der Waals surface area contributed by atoms with E-state index in [4.69, 9.17) is 5.11 Å². The van der Waals surface area contributed by atoms with Crippen molar-refractivity contribution in [2.24, 2.45) is 0 Å². The number of hydrogen-bond acceptors (Lipinski definition) is 1. The third-order valence-corrected chi connectivity index (χ3v) is 0.770. The summed E-state index contributed by atoms with van der Waals surface area (Å²) in [5.41, 5.74) is 0. The van der Waals surface area contributed by atoms with Gasteiger partial charge < -0.3 is 5.11 Å². The van der Waals surface area contributed by atoms with E-state index in [9.17, 15) is 0 Å². The standard InChI is InChI=1S/C2H8BOP/c4-2-1-3-5/h3-4H,1-2,5H2. The molecule has 0 spiro atoms. The van der Waals surface area contributed by atoms with Crippen molar-refractivity contribution in [2.75, 3.05) is 6.61 Å². The van der Waals surface area contributed by atoms with E-state index in [1.165, 1.54) is 0 Å². The molecule has 0 aliphatic carbocycles. The molecule has 0 aromatic heterocycles. The van der Waals surface area contributed by atoms with Crippen LogP contribution in [0, 0.1) is 0 Å². The second kappa shape index (κ2) is 4.45. The Morgan fingerprint density at radius 2 is 2.40 bits per heavy atom. The Hall–Kier alpha value is 0.455. The molecule has 0 saturated carbocycles. The third kappa shape index (κ3) is 4.45. The molecule has 0 fully saturated rings. The highest BCUT2D eigenvalue weighted by Crippen LogP contribution is 1.79. The van der Waals surface area contributed by atoms with Crippen LogP contribution in [0.15, 0.2) is 0 Å². The molecule has 0 bridgehead atoms. The summed E-state index contributed by atoms with van der Waals surface area (Å²) in [5.74, 6) is 0. The van der Waals surface area contributed by atoms with Crippen LogP contribution in [0.1, 0.15) is 0 Å². The van der Waals surface area contributed by atoms with Gasteiger partial charge in [-0.25, -0.2) is 0 Å². The first-order chi connectivity index (χ1) is 2.41. The molecule has 0 radical (unpaired) electrons.